The molecule has 0 saturated carbocycles. The van der Waals surface area contributed by atoms with Gasteiger partial charge in [-0.05, 0) is 84.8 Å². The van der Waals surface area contributed by atoms with Crippen LogP contribution in [0.25, 0.3) is 11.0 Å². The van der Waals surface area contributed by atoms with Crippen LogP contribution in [-0.4, -0.2) is 79.3 Å². The first-order valence-electron chi connectivity index (χ1n) is 17.4. The largest absolute Gasteiger partial charge is 0.493 e. The summed E-state index contributed by atoms with van der Waals surface area (Å²) in [4.78, 5) is 26.9. The van der Waals surface area contributed by atoms with E-state index in [0.717, 1.165) is 60.1 Å². The van der Waals surface area contributed by atoms with E-state index in [0.29, 0.717) is 45.2 Å². The van der Waals surface area contributed by atoms with Crippen molar-refractivity contribution in [3.63, 3.8) is 0 Å². The van der Waals surface area contributed by atoms with Crippen molar-refractivity contribution in [2.24, 2.45) is 0 Å². The Labute approximate surface area is 314 Å². The third kappa shape index (κ3) is 7.94. The highest BCUT2D eigenvalue weighted by molar-refractivity contribution is 6.42. The molecule has 9 nitrogen and oxygen atoms in total. The number of likely N-dealkylation sites (tertiary alicyclic amines) is 1. The van der Waals surface area contributed by atoms with Gasteiger partial charge >= 0.3 is 0 Å². The number of piperidine rings is 1. The Morgan fingerprint density at radius 1 is 0.981 bits per heavy atom. The molecule has 4 aromatic carbocycles. The van der Waals surface area contributed by atoms with Gasteiger partial charge < -0.3 is 29.4 Å². The number of carbonyl (C=O) groups excluding carboxylic acids is 1. The van der Waals surface area contributed by atoms with Crippen molar-refractivity contribution in [2.75, 3.05) is 46.8 Å². The summed E-state index contributed by atoms with van der Waals surface area (Å²) in [6, 6.07) is 21.9. The lowest BCUT2D eigenvalue weighted by atomic mass is 9.90. The molecule has 1 aliphatic rings. The first kappa shape index (κ1) is 37.3. The number of aromatic nitrogens is 2. The predicted molar refractivity (Wildman–Crippen MR) is 205 cm³/mol. The molecule has 1 saturated heterocycles. The van der Waals surface area contributed by atoms with Gasteiger partial charge in [0, 0.05) is 37.7 Å². The number of hydrogen-bond donors (Lipinski definition) is 2. The number of amides is 1. The quantitative estimate of drug-likeness (QED) is 0.124. The van der Waals surface area contributed by atoms with Crippen LogP contribution in [0, 0.1) is 5.82 Å². The zero-order chi connectivity index (χ0) is 36.9. The number of rotatable bonds is 13. The number of nitrogens with zero attached hydrogens (tertiary/aromatic N) is 3. The van der Waals surface area contributed by atoms with E-state index in [9.17, 15) is 9.18 Å². The van der Waals surface area contributed by atoms with Gasteiger partial charge in [-0.25, -0.2) is 9.37 Å². The monoisotopic (exact) mass is 747 g/mol. The SMILES string of the molecule is CCC(c1ccc(Cl)c(Cl)c1)C(N1CCC(Nc2nc3c(Cc4ccc(F)cc4)cccc3[nH]2)CC1)N(C)C(=O)c1cc(OC)c(OC)c(OC)c1. The number of fused-ring (bicyclic) bond motifs is 1. The standard InChI is InChI=1S/C40H44Cl2FN5O4/c1-6-30(25-12-15-31(41)32(42)21-25)38(47(2)39(49)27-22-34(50-3)37(52-5)35(23-27)51-4)48-18-16-29(17-19-48)44-40-45-33-9-7-8-26(36(33)46-40)20-24-10-13-28(43)14-11-24/h7-15,21-23,29-30,38H,6,16-20H2,1-5H3,(H2,44,45,46). The fraction of sp³-hybridized carbons (Fsp3) is 0.350. The maximum Gasteiger partial charge on any atom is 0.255 e. The molecule has 0 spiro atoms. The number of imidazole rings is 1. The van der Waals surface area contributed by atoms with Crippen molar-refractivity contribution >= 4 is 46.1 Å². The molecule has 274 valence electrons. The minimum Gasteiger partial charge on any atom is -0.493 e. The number of H-pyrrole nitrogens is 1. The molecule has 2 unspecified atom stereocenters. The van der Waals surface area contributed by atoms with Crippen molar-refractivity contribution < 1.29 is 23.4 Å². The summed E-state index contributed by atoms with van der Waals surface area (Å²) in [6.45, 7) is 3.60. The number of nitrogens with one attached hydrogen (secondary N) is 2. The molecule has 6 rings (SSSR count). The van der Waals surface area contributed by atoms with E-state index in [1.54, 1.807) is 24.3 Å². The Morgan fingerprint density at radius 2 is 1.67 bits per heavy atom. The molecule has 0 aliphatic carbocycles. The molecule has 12 heteroatoms. The van der Waals surface area contributed by atoms with Crippen molar-refractivity contribution in [3.05, 3.63) is 111 Å². The Kier molecular flexibility index (Phi) is 11.8. The molecule has 1 fully saturated rings. The number of likely N-dealkylation sites (N-methyl/N-ethyl adjacent to an activating group) is 1. The number of carbonyl (C=O) groups is 1. The summed E-state index contributed by atoms with van der Waals surface area (Å²) in [6.07, 6.45) is 2.78. The highest BCUT2D eigenvalue weighted by atomic mass is 35.5. The van der Waals surface area contributed by atoms with Gasteiger partial charge in [0.15, 0.2) is 11.5 Å². The van der Waals surface area contributed by atoms with Gasteiger partial charge in [0.1, 0.15) is 5.82 Å². The summed E-state index contributed by atoms with van der Waals surface area (Å²) < 4.78 is 30.1. The number of hydrogen-bond acceptors (Lipinski definition) is 7. The molecule has 2 heterocycles. The number of benzene rings is 4. The van der Waals surface area contributed by atoms with Crippen molar-refractivity contribution in [2.45, 2.75) is 50.7 Å². The lowest BCUT2D eigenvalue weighted by Gasteiger charge is -2.45. The maximum absolute atomic E-state index is 14.3. The lowest BCUT2D eigenvalue weighted by molar-refractivity contribution is 0.0200. The molecule has 0 radical (unpaired) electrons. The number of methoxy groups -OCH3 is 3. The van der Waals surface area contributed by atoms with Crippen LogP contribution in [0.1, 0.15) is 59.2 Å². The van der Waals surface area contributed by atoms with Gasteiger partial charge in [-0.2, -0.15) is 0 Å². The zero-order valence-corrected chi connectivity index (χ0v) is 31.5. The summed E-state index contributed by atoms with van der Waals surface area (Å²) >= 11 is 12.8. The minimum atomic E-state index is -0.296. The molecule has 5 aromatic rings. The van der Waals surface area contributed by atoms with Crippen LogP contribution in [0.2, 0.25) is 10.0 Å². The Morgan fingerprint density at radius 3 is 2.29 bits per heavy atom. The summed E-state index contributed by atoms with van der Waals surface area (Å²) in [7, 11) is 6.45. The second kappa shape index (κ2) is 16.4. The molecule has 52 heavy (non-hydrogen) atoms. The van der Waals surface area contributed by atoms with E-state index in [1.165, 1.54) is 33.5 Å². The molecule has 0 bridgehead atoms. The lowest BCUT2D eigenvalue weighted by Crippen LogP contribution is -2.55. The normalized spacial score (nSPS) is 14.9. The molecule has 1 amide bonds. The van der Waals surface area contributed by atoms with Crippen LogP contribution < -0.4 is 19.5 Å². The topological polar surface area (TPSA) is 92.0 Å². The van der Waals surface area contributed by atoms with E-state index in [-0.39, 0.29) is 29.8 Å². The minimum absolute atomic E-state index is 0.0647. The molecule has 2 atom stereocenters. The average Bonchev–Trinajstić information content (AvgIpc) is 3.58. The summed E-state index contributed by atoms with van der Waals surface area (Å²) in [5, 5.41) is 4.60. The number of halogens is 3. The van der Waals surface area contributed by atoms with Crippen molar-refractivity contribution in [1.29, 1.82) is 0 Å². The molecular weight excluding hydrogens is 704 g/mol. The number of aromatic amines is 1. The Hall–Kier alpha value is -4.51. The predicted octanol–water partition coefficient (Wildman–Crippen LogP) is 8.79. The van der Waals surface area contributed by atoms with Gasteiger partial charge in [0.05, 0.1) is 48.6 Å². The van der Waals surface area contributed by atoms with E-state index in [2.05, 4.69) is 28.2 Å². The molecule has 1 aliphatic heterocycles. The Balaban J connectivity index is 1.23. The summed E-state index contributed by atoms with van der Waals surface area (Å²) in [5.41, 5.74) is 5.36. The first-order valence-corrected chi connectivity index (χ1v) is 18.1. The van der Waals surface area contributed by atoms with Crippen molar-refractivity contribution in [3.8, 4) is 17.2 Å². The number of para-hydroxylation sites is 1. The third-order valence-corrected chi connectivity index (χ3v) is 10.7. The highest BCUT2D eigenvalue weighted by Crippen LogP contribution is 2.40. The van der Waals surface area contributed by atoms with Crippen LogP contribution in [0.3, 0.4) is 0 Å². The third-order valence-electron chi connectivity index (χ3n) is 9.95. The van der Waals surface area contributed by atoms with Gasteiger partial charge in [-0.15, -0.1) is 0 Å². The van der Waals surface area contributed by atoms with Crippen LogP contribution >= 0.6 is 23.2 Å². The second-order valence-electron chi connectivity index (χ2n) is 13.1. The average molecular weight is 749 g/mol. The smallest absolute Gasteiger partial charge is 0.255 e. The van der Waals surface area contributed by atoms with Crippen LogP contribution in [0.15, 0.2) is 72.8 Å². The van der Waals surface area contributed by atoms with Gasteiger partial charge in [0.2, 0.25) is 11.7 Å². The maximum atomic E-state index is 14.3. The van der Waals surface area contributed by atoms with E-state index in [4.69, 9.17) is 42.4 Å². The van der Waals surface area contributed by atoms with Crippen molar-refractivity contribution in [1.82, 2.24) is 19.8 Å². The fourth-order valence-electron chi connectivity index (χ4n) is 7.29. The molecule has 1 aromatic heterocycles. The van der Waals surface area contributed by atoms with E-state index < -0.39 is 0 Å². The Bertz CT molecular complexity index is 1990. The van der Waals surface area contributed by atoms with Gasteiger partial charge in [0.25, 0.3) is 5.91 Å². The van der Waals surface area contributed by atoms with Crippen LogP contribution in [0.5, 0.6) is 17.2 Å². The second-order valence-corrected chi connectivity index (χ2v) is 13.9. The van der Waals surface area contributed by atoms with Gasteiger partial charge in [-0.1, -0.05) is 60.5 Å². The summed E-state index contributed by atoms with van der Waals surface area (Å²) in [5.74, 6) is 1.46. The molecular formula is C40H44Cl2FN5O4. The first-order chi connectivity index (χ1) is 25.1. The fourth-order valence-corrected chi connectivity index (χ4v) is 7.59. The van der Waals surface area contributed by atoms with Crippen LogP contribution in [0.4, 0.5) is 10.3 Å². The number of ether oxygens (including phenoxy) is 3. The van der Waals surface area contributed by atoms with Crippen LogP contribution in [-0.2, 0) is 6.42 Å². The number of anilines is 1. The molecule has 2 N–H and O–H groups in total. The zero-order valence-electron chi connectivity index (χ0n) is 30.0. The van der Waals surface area contributed by atoms with Gasteiger partial charge in [-0.3, -0.25) is 9.69 Å². The van der Waals surface area contributed by atoms with E-state index >= 15 is 0 Å². The highest BCUT2D eigenvalue weighted by Gasteiger charge is 2.37. The van der Waals surface area contributed by atoms with E-state index in [1.807, 2.05) is 42.3 Å².